The Labute approximate surface area is 178 Å². The van der Waals surface area contributed by atoms with Gasteiger partial charge in [0.05, 0.1) is 11.5 Å². The molecule has 0 amide bonds. The van der Waals surface area contributed by atoms with Crippen LogP contribution in [0.1, 0.15) is 19.4 Å². The van der Waals surface area contributed by atoms with Gasteiger partial charge in [-0.3, -0.25) is 4.98 Å². The Morgan fingerprint density at radius 2 is 1.97 bits per heavy atom. The van der Waals surface area contributed by atoms with E-state index in [0.29, 0.717) is 42.9 Å². The Morgan fingerprint density at radius 1 is 1.13 bits per heavy atom. The minimum Gasteiger partial charge on any atom is -0.492 e. The first-order valence-electron chi connectivity index (χ1n) is 10.3. The number of aryl methyl sites for hydroxylation is 1. The van der Waals surface area contributed by atoms with E-state index < -0.39 is 10.0 Å². The summed E-state index contributed by atoms with van der Waals surface area (Å²) in [5, 5.41) is 0.595. The molecule has 1 unspecified atom stereocenters. The van der Waals surface area contributed by atoms with E-state index in [4.69, 9.17) is 4.74 Å². The number of sulfonamides is 1. The zero-order valence-electron chi connectivity index (χ0n) is 17.6. The van der Waals surface area contributed by atoms with Crippen LogP contribution in [0.25, 0.3) is 10.9 Å². The highest BCUT2D eigenvalue weighted by Crippen LogP contribution is 2.32. The third-order valence-corrected chi connectivity index (χ3v) is 7.46. The lowest BCUT2D eigenvalue weighted by Crippen LogP contribution is -2.53. The van der Waals surface area contributed by atoms with E-state index in [1.165, 1.54) is 5.56 Å². The van der Waals surface area contributed by atoms with Gasteiger partial charge in [0.25, 0.3) is 0 Å². The highest BCUT2D eigenvalue weighted by Gasteiger charge is 2.33. The number of piperazine rings is 1. The van der Waals surface area contributed by atoms with Crippen LogP contribution >= 0.6 is 0 Å². The third-order valence-electron chi connectivity index (χ3n) is 5.53. The van der Waals surface area contributed by atoms with E-state index in [9.17, 15) is 8.42 Å². The molecule has 1 atom stereocenters. The summed E-state index contributed by atoms with van der Waals surface area (Å²) >= 11 is 0. The Bertz CT molecular complexity index is 1160. The van der Waals surface area contributed by atoms with Gasteiger partial charge < -0.3 is 9.64 Å². The molecule has 7 heteroatoms. The maximum atomic E-state index is 13.6. The molecule has 6 nitrogen and oxygen atoms in total. The summed E-state index contributed by atoms with van der Waals surface area (Å²) in [6, 6.07) is 15.3. The minimum absolute atomic E-state index is 0.0717. The van der Waals surface area contributed by atoms with Crippen LogP contribution in [-0.4, -0.2) is 50.0 Å². The van der Waals surface area contributed by atoms with Crippen LogP contribution in [0.3, 0.4) is 0 Å². The van der Waals surface area contributed by atoms with Gasteiger partial charge in [-0.05, 0) is 62.7 Å². The van der Waals surface area contributed by atoms with Crippen molar-refractivity contribution in [3.63, 3.8) is 0 Å². The highest BCUT2D eigenvalue weighted by atomic mass is 32.2. The van der Waals surface area contributed by atoms with Gasteiger partial charge in [0.15, 0.2) is 0 Å². The summed E-state index contributed by atoms with van der Waals surface area (Å²) in [7, 11) is -3.66. The second-order valence-electron chi connectivity index (χ2n) is 7.64. The first-order valence-corrected chi connectivity index (χ1v) is 11.7. The summed E-state index contributed by atoms with van der Waals surface area (Å²) in [6.45, 7) is 8.06. The third kappa shape index (κ3) is 3.75. The largest absolute Gasteiger partial charge is 0.492 e. The van der Waals surface area contributed by atoms with Crippen LogP contribution in [0, 0.1) is 6.92 Å². The summed E-state index contributed by atoms with van der Waals surface area (Å²) in [5.74, 6) is 0.602. The van der Waals surface area contributed by atoms with Crippen LogP contribution < -0.4 is 9.64 Å². The van der Waals surface area contributed by atoms with Gasteiger partial charge in [0.2, 0.25) is 10.0 Å². The number of rotatable bonds is 5. The molecule has 0 N–H and O–H groups in total. The molecule has 0 radical (unpaired) electrons. The average molecular weight is 426 g/mol. The van der Waals surface area contributed by atoms with E-state index in [-0.39, 0.29) is 10.9 Å². The molecule has 4 rings (SSSR count). The fourth-order valence-corrected chi connectivity index (χ4v) is 5.78. The molecule has 3 aromatic rings. The lowest BCUT2D eigenvalue weighted by atomic mass is 10.1. The van der Waals surface area contributed by atoms with Gasteiger partial charge in [-0.2, -0.15) is 4.31 Å². The smallest absolute Gasteiger partial charge is 0.243 e. The SMILES string of the molecule is CCOc1ccc(S(=O)(=O)N2CCN(c3cccc(C)c3)C(C)C2)c2cccnc12. The van der Waals surface area contributed by atoms with Gasteiger partial charge in [-0.15, -0.1) is 0 Å². The molecule has 1 aliphatic heterocycles. The molecule has 158 valence electrons. The lowest BCUT2D eigenvalue weighted by Gasteiger charge is -2.40. The molecule has 1 fully saturated rings. The number of hydrogen-bond acceptors (Lipinski definition) is 5. The van der Waals surface area contributed by atoms with Crippen LogP contribution in [0.5, 0.6) is 5.75 Å². The fourth-order valence-electron chi connectivity index (χ4n) is 4.09. The predicted molar refractivity (Wildman–Crippen MR) is 120 cm³/mol. The van der Waals surface area contributed by atoms with Crippen molar-refractivity contribution < 1.29 is 13.2 Å². The number of anilines is 1. The standard InChI is InChI=1S/C23H27N3O3S/c1-4-29-21-10-11-22(20-9-6-12-24-23(20)21)30(27,28)25-13-14-26(18(3)16-25)19-8-5-7-17(2)15-19/h5-12,15,18H,4,13-14,16H2,1-3H3. The Balaban J connectivity index is 1.65. The fraction of sp³-hybridized carbons (Fsp3) is 0.348. The number of pyridine rings is 1. The maximum Gasteiger partial charge on any atom is 0.243 e. The minimum atomic E-state index is -3.66. The Hall–Kier alpha value is -2.64. The zero-order valence-corrected chi connectivity index (χ0v) is 18.4. The molecular weight excluding hydrogens is 398 g/mol. The normalized spacial score (nSPS) is 18.0. The first kappa shape index (κ1) is 20.6. The maximum absolute atomic E-state index is 13.6. The van der Waals surface area contributed by atoms with Gasteiger partial charge in [-0.1, -0.05) is 12.1 Å². The Kier molecular flexibility index (Phi) is 5.66. The molecule has 1 aliphatic rings. The molecule has 1 aromatic heterocycles. The van der Waals surface area contributed by atoms with Crippen molar-refractivity contribution in [1.29, 1.82) is 0 Å². The molecule has 0 bridgehead atoms. The zero-order chi connectivity index (χ0) is 21.3. The first-order chi connectivity index (χ1) is 14.4. The van der Waals surface area contributed by atoms with Crippen molar-refractivity contribution in [3.05, 3.63) is 60.3 Å². The molecule has 1 saturated heterocycles. The van der Waals surface area contributed by atoms with Crippen molar-refractivity contribution in [2.24, 2.45) is 0 Å². The van der Waals surface area contributed by atoms with Crippen molar-refractivity contribution >= 4 is 26.6 Å². The van der Waals surface area contributed by atoms with E-state index in [1.807, 2.05) is 13.0 Å². The second-order valence-corrected chi connectivity index (χ2v) is 9.55. The van der Waals surface area contributed by atoms with Crippen LogP contribution in [0.2, 0.25) is 0 Å². The number of fused-ring (bicyclic) bond motifs is 1. The van der Waals surface area contributed by atoms with Gasteiger partial charge in [-0.25, -0.2) is 8.42 Å². The van der Waals surface area contributed by atoms with Crippen molar-refractivity contribution in [1.82, 2.24) is 9.29 Å². The van der Waals surface area contributed by atoms with Crippen LogP contribution in [0.4, 0.5) is 5.69 Å². The van der Waals surface area contributed by atoms with Crippen molar-refractivity contribution in [3.8, 4) is 5.75 Å². The molecule has 0 spiro atoms. The van der Waals surface area contributed by atoms with Crippen molar-refractivity contribution in [2.75, 3.05) is 31.1 Å². The molecule has 0 saturated carbocycles. The van der Waals surface area contributed by atoms with Crippen LogP contribution in [0.15, 0.2) is 59.6 Å². The van der Waals surface area contributed by atoms with E-state index in [1.54, 1.807) is 34.8 Å². The predicted octanol–water partition coefficient (Wildman–Crippen LogP) is 3.84. The summed E-state index contributed by atoms with van der Waals surface area (Å²) < 4.78 is 34.3. The van der Waals surface area contributed by atoms with E-state index >= 15 is 0 Å². The van der Waals surface area contributed by atoms with Gasteiger partial charge in [0, 0.05) is 42.9 Å². The second kappa shape index (κ2) is 8.24. The monoisotopic (exact) mass is 425 g/mol. The Morgan fingerprint density at radius 3 is 2.70 bits per heavy atom. The summed E-state index contributed by atoms with van der Waals surface area (Å²) in [6.07, 6.45) is 1.66. The topological polar surface area (TPSA) is 62.7 Å². The van der Waals surface area contributed by atoms with E-state index in [0.717, 1.165) is 5.69 Å². The number of ether oxygens (including phenoxy) is 1. The van der Waals surface area contributed by atoms with Gasteiger partial charge >= 0.3 is 0 Å². The van der Waals surface area contributed by atoms with Gasteiger partial charge in [0.1, 0.15) is 11.3 Å². The summed E-state index contributed by atoms with van der Waals surface area (Å²) in [5.41, 5.74) is 2.91. The lowest BCUT2D eigenvalue weighted by molar-refractivity contribution is 0.341. The highest BCUT2D eigenvalue weighted by molar-refractivity contribution is 7.89. The number of aromatic nitrogens is 1. The van der Waals surface area contributed by atoms with Crippen LogP contribution in [-0.2, 0) is 10.0 Å². The number of nitrogens with zero attached hydrogens (tertiary/aromatic N) is 3. The number of benzene rings is 2. The molecule has 0 aliphatic carbocycles. The molecule has 30 heavy (non-hydrogen) atoms. The number of hydrogen-bond donors (Lipinski definition) is 0. The summed E-state index contributed by atoms with van der Waals surface area (Å²) in [4.78, 5) is 6.94. The van der Waals surface area contributed by atoms with E-state index in [2.05, 4.69) is 41.9 Å². The molecule has 2 aromatic carbocycles. The quantitative estimate of drug-likeness (QED) is 0.622. The molecule has 2 heterocycles. The average Bonchev–Trinajstić information content (AvgIpc) is 2.74. The molecular formula is C23H27N3O3S. The van der Waals surface area contributed by atoms with Crippen molar-refractivity contribution in [2.45, 2.75) is 31.7 Å².